The number of nitro benzene ring substituents is 1. The molecule has 0 spiro atoms. The van der Waals surface area contributed by atoms with E-state index in [1.807, 2.05) is 6.92 Å². The molecule has 21 heavy (non-hydrogen) atoms. The molecule has 0 saturated heterocycles. The molecule has 0 aromatic heterocycles. The molecule has 0 heterocycles. The minimum atomic E-state index is -0.481. The lowest BCUT2D eigenvalue weighted by Crippen LogP contribution is -2.14. The zero-order valence-electron chi connectivity index (χ0n) is 11.5. The number of benzene rings is 2. The Morgan fingerprint density at radius 2 is 2.05 bits per heavy atom. The van der Waals surface area contributed by atoms with Crippen molar-refractivity contribution in [3.63, 3.8) is 0 Å². The van der Waals surface area contributed by atoms with Crippen molar-refractivity contribution in [2.45, 2.75) is 13.5 Å². The summed E-state index contributed by atoms with van der Waals surface area (Å²) in [5.74, 6) is 0.145. The normalized spacial score (nSPS) is 10.1. The van der Waals surface area contributed by atoms with Crippen molar-refractivity contribution >= 4 is 11.5 Å². The number of nitrogens with two attached hydrogens (primary N) is 1. The van der Waals surface area contributed by atoms with Gasteiger partial charge in [0.05, 0.1) is 4.92 Å². The van der Waals surface area contributed by atoms with E-state index in [9.17, 15) is 10.1 Å². The summed E-state index contributed by atoms with van der Waals surface area (Å²) in [5.41, 5.74) is 7.57. The highest BCUT2D eigenvalue weighted by molar-refractivity contribution is 5.96. The van der Waals surface area contributed by atoms with Crippen LogP contribution in [0.15, 0.2) is 42.5 Å². The molecule has 0 aliphatic carbocycles. The molecule has 6 nitrogen and oxygen atoms in total. The van der Waals surface area contributed by atoms with Gasteiger partial charge in [-0.1, -0.05) is 30.3 Å². The van der Waals surface area contributed by atoms with Crippen molar-refractivity contribution in [2.75, 3.05) is 0 Å². The van der Waals surface area contributed by atoms with E-state index in [1.165, 1.54) is 6.07 Å². The molecule has 0 aliphatic heterocycles. The molecule has 0 aliphatic rings. The van der Waals surface area contributed by atoms with Gasteiger partial charge >= 0.3 is 5.69 Å². The van der Waals surface area contributed by atoms with Gasteiger partial charge in [0, 0.05) is 17.2 Å². The average molecular weight is 285 g/mol. The third kappa shape index (κ3) is 3.36. The summed E-state index contributed by atoms with van der Waals surface area (Å²) in [6.45, 7) is 1.94. The first-order valence-corrected chi connectivity index (χ1v) is 6.29. The van der Waals surface area contributed by atoms with E-state index >= 15 is 0 Å². The summed E-state index contributed by atoms with van der Waals surface area (Å²) in [5, 5.41) is 18.5. The number of ether oxygens (including phenoxy) is 1. The van der Waals surface area contributed by atoms with Crippen LogP contribution in [0, 0.1) is 22.4 Å². The van der Waals surface area contributed by atoms with E-state index in [2.05, 4.69) is 0 Å². The fourth-order valence-corrected chi connectivity index (χ4v) is 1.95. The maximum atomic E-state index is 11.0. The van der Waals surface area contributed by atoms with Gasteiger partial charge in [-0.2, -0.15) is 0 Å². The number of aryl methyl sites for hydroxylation is 1. The number of nitrogens with one attached hydrogen (secondary N) is 1. The maximum absolute atomic E-state index is 11.0. The van der Waals surface area contributed by atoms with Crippen LogP contribution >= 0.6 is 0 Å². The predicted molar refractivity (Wildman–Crippen MR) is 79.6 cm³/mol. The first-order chi connectivity index (χ1) is 9.99. The zero-order valence-corrected chi connectivity index (χ0v) is 11.5. The molecule has 2 rings (SSSR count). The number of hydrogen-bond donors (Lipinski definition) is 2. The maximum Gasteiger partial charge on any atom is 0.310 e. The fraction of sp³-hybridized carbons (Fsp3) is 0.133. The van der Waals surface area contributed by atoms with Crippen LogP contribution in [0.2, 0.25) is 0 Å². The molecule has 0 saturated carbocycles. The quantitative estimate of drug-likeness (QED) is 0.381. The topological polar surface area (TPSA) is 102 Å². The summed E-state index contributed by atoms with van der Waals surface area (Å²) in [4.78, 5) is 10.5. The van der Waals surface area contributed by atoms with Gasteiger partial charge in [0.25, 0.3) is 0 Å². The predicted octanol–water partition coefficient (Wildman–Crippen LogP) is 2.77. The number of hydrogen-bond acceptors (Lipinski definition) is 4. The smallest absolute Gasteiger partial charge is 0.310 e. The van der Waals surface area contributed by atoms with Crippen molar-refractivity contribution in [3.05, 3.63) is 69.3 Å². The van der Waals surface area contributed by atoms with Crippen molar-refractivity contribution in [1.29, 1.82) is 5.41 Å². The molecular weight excluding hydrogens is 270 g/mol. The third-order valence-electron chi connectivity index (χ3n) is 3.00. The first-order valence-electron chi connectivity index (χ1n) is 6.29. The van der Waals surface area contributed by atoms with Crippen LogP contribution in [-0.4, -0.2) is 10.8 Å². The van der Waals surface area contributed by atoms with Crippen LogP contribution in [0.25, 0.3) is 0 Å². The van der Waals surface area contributed by atoms with Crippen molar-refractivity contribution in [3.8, 4) is 5.75 Å². The molecule has 0 unspecified atom stereocenters. The summed E-state index contributed by atoms with van der Waals surface area (Å²) in [6.07, 6.45) is 0. The van der Waals surface area contributed by atoms with Crippen molar-refractivity contribution in [1.82, 2.24) is 0 Å². The third-order valence-corrected chi connectivity index (χ3v) is 3.00. The van der Waals surface area contributed by atoms with Gasteiger partial charge < -0.3 is 10.5 Å². The highest BCUT2D eigenvalue weighted by atomic mass is 16.6. The largest absolute Gasteiger partial charge is 0.482 e. The molecular formula is C15H15N3O3. The summed E-state index contributed by atoms with van der Waals surface area (Å²) < 4.78 is 5.56. The minimum absolute atomic E-state index is 0.0621. The van der Waals surface area contributed by atoms with Crippen molar-refractivity contribution < 1.29 is 9.66 Å². The van der Waals surface area contributed by atoms with E-state index in [0.29, 0.717) is 11.1 Å². The lowest BCUT2D eigenvalue weighted by Gasteiger charge is -2.10. The molecule has 3 N–H and O–H groups in total. The lowest BCUT2D eigenvalue weighted by molar-refractivity contribution is -0.386. The lowest BCUT2D eigenvalue weighted by atomic mass is 10.1. The number of rotatable bonds is 5. The van der Waals surface area contributed by atoms with Crippen LogP contribution in [0.4, 0.5) is 5.69 Å². The Morgan fingerprint density at radius 1 is 1.33 bits per heavy atom. The number of nitrogen functional groups attached to an aromatic ring is 1. The summed E-state index contributed by atoms with van der Waals surface area (Å²) in [7, 11) is 0. The van der Waals surface area contributed by atoms with Crippen LogP contribution in [0.3, 0.4) is 0 Å². The van der Waals surface area contributed by atoms with E-state index in [0.717, 1.165) is 5.56 Å². The number of nitrogens with zero attached hydrogens (tertiary/aromatic N) is 1. The zero-order chi connectivity index (χ0) is 15.4. The second-order valence-electron chi connectivity index (χ2n) is 4.59. The van der Waals surface area contributed by atoms with Crippen LogP contribution in [0.5, 0.6) is 5.75 Å². The number of nitro groups is 1. The van der Waals surface area contributed by atoms with Gasteiger partial charge in [0.15, 0.2) is 5.75 Å². The molecule has 6 heteroatoms. The van der Waals surface area contributed by atoms with E-state index in [1.54, 1.807) is 36.4 Å². The summed E-state index contributed by atoms with van der Waals surface area (Å²) in [6, 6.07) is 11.8. The average Bonchev–Trinajstić information content (AvgIpc) is 2.45. The SMILES string of the molecule is Cc1ccc([N+](=O)[O-])c(OCc2ccccc2C(=N)N)c1. The second kappa shape index (κ2) is 6.04. The Kier molecular flexibility index (Phi) is 4.18. The molecule has 2 aromatic rings. The minimum Gasteiger partial charge on any atom is -0.482 e. The Balaban J connectivity index is 2.27. The van der Waals surface area contributed by atoms with Crippen LogP contribution < -0.4 is 10.5 Å². The molecule has 0 fully saturated rings. The van der Waals surface area contributed by atoms with Gasteiger partial charge in [-0.05, 0) is 18.6 Å². The molecule has 0 atom stereocenters. The molecule has 2 aromatic carbocycles. The van der Waals surface area contributed by atoms with Crippen molar-refractivity contribution in [2.24, 2.45) is 5.73 Å². The molecule has 0 amide bonds. The molecule has 0 bridgehead atoms. The standard InChI is InChI=1S/C15H15N3O3/c1-10-6-7-13(18(19)20)14(8-10)21-9-11-4-2-3-5-12(11)15(16)17/h2-8H,9H2,1H3,(H3,16,17). The first kappa shape index (κ1) is 14.5. The second-order valence-corrected chi connectivity index (χ2v) is 4.59. The van der Waals surface area contributed by atoms with Gasteiger partial charge in [-0.3, -0.25) is 15.5 Å². The van der Waals surface area contributed by atoms with Gasteiger partial charge in [0.1, 0.15) is 12.4 Å². The molecule has 108 valence electrons. The highest BCUT2D eigenvalue weighted by Crippen LogP contribution is 2.28. The molecule has 0 radical (unpaired) electrons. The van der Waals surface area contributed by atoms with Crippen LogP contribution in [0.1, 0.15) is 16.7 Å². The van der Waals surface area contributed by atoms with Gasteiger partial charge in [-0.25, -0.2) is 0 Å². The van der Waals surface area contributed by atoms with Gasteiger partial charge in [-0.15, -0.1) is 0 Å². The Labute approximate surface area is 121 Å². The van der Waals surface area contributed by atoms with E-state index in [-0.39, 0.29) is 23.9 Å². The van der Waals surface area contributed by atoms with Gasteiger partial charge in [0.2, 0.25) is 0 Å². The Bertz CT molecular complexity index is 698. The van der Waals surface area contributed by atoms with E-state index < -0.39 is 4.92 Å². The number of amidine groups is 1. The van der Waals surface area contributed by atoms with E-state index in [4.69, 9.17) is 15.9 Å². The van der Waals surface area contributed by atoms with Crippen LogP contribution in [-0.2, 0) is 6.61 Å². The monoisotopic (exact) mass is 285 g/mol. The fourth-order valence-electron chi connectivity index (χ4n) is 1.95. The highest BCUT2D eigenvalue weighted by Gasteiger charge is 2.15. The Morgan fingerprint density at radius 3 is 2.71 bits per heavy atom. The Hall–Kier alpha value is -2.89. The summed E-state index contributed by atoms with van der Waals surface area (Å²) >= 11 is 0.